The Labute approximate surface area is 120 Å². The van der Waals surface area contributed by atoms with Crippen molar-refractivity contribution in [2.75, 3.05) is 25.1 Å². The number of para-hydroxylation sites is 1. The smallest absolute Gasteiger partial charge is 0.232 e. The van der Waals surface area contributed by atoms with E-state index in [9.17, 15) is 4.79 Å². The zero-order valence-corrected chi connectivity index (χ0v) is 12.3. The van der Waals surface area contributed by atoms with Crippen LogP contribution < -0.4 is 11.1 Å². The number of carbonyl (C=O) groups is 1. The van der Waals surface area contributed by atoms with Crippen LogP contribution in [0.1, 0.15) is 12.8 Å². The Morgan fingerprint density at radius 1 is 1.39 bits per heavy atom. The Balaban J connectivity index is 2.13. The first-order chi connectivity index (χ1) is 8.68. The first kappa shape index (κ1) is 13.8. The average molecular weight is 360 g/mol. The second-order valence-electron chi connectivity index (χ2n) is 4.53. The van der Waals surface area contributed by atoms with Crippen LogP contribution in [0.2, 0.25) is 0 Å². The Morgan fingerprint density at radius 2 is 2.06 bits per heavy atom. The lowest BCUT2D eigenvalue weighted by Gasteiger charge is -2.34. The number of carbonyl (C=O) groups excluding carboxylic acids is 1. The molecule has 1 fully saturated rings. The standard InChI is InChI=1S/C13H17IN2O2/c14-10-3-1-2-4-11(10)16-12(17)13(9-15)5-7-18-8-6-13/h1-4H,5-9,15H2,(H,16,17). The van der Waals surface area contributed by atoms with Crippen molar-refractivity contribution < 1.29 is 9.53 Å². The number of hydrogen-bond acceptors (Lipinski definition) is 3. The third kappa shape index (κ3) is 2.84. The summed E-state index contributed by atoms with van der Waals surface area (Å²) < 4.78 is 6.34. The van der Waals surface area contributed by atoms with Gasteiger partial charge in [-0.2, -0.15) is 0 Å². The molecule has 98 valence electrons. The molecule has 1 saturated heterocycles. The molecule has 1 aromatic carbocycles. The summed E-state index contributed by atoms with van der Waals surface area (Å²) in [5.41, 5.74) is 6.19. The summed E-state index contributed by atoms with van der Waals surface area (Å²) in [6, 6.07) is 7.74. The maximum atomic E-state index is 12.4. The molecule has 1 amide bonds. The lowest BCUT2D eigenvalue weighted by Crippen LogP contribution is -2.46. The van der Waals surface area contributed by atoms with Crippen LogP contribution in [0.25, 0.3) is 0 Å². The molecule has 1 aromatic rings. The van der Waals surface area contributed by atoms with Crippen molar-refractivity contribution in [3.8, 4) is 0 Å². The molecule has 1 aliphatic rings. The molecule has 0 unspecified atom stereocenters. The number of nitrogens with one attached hydrogen (secondary N) is 1. The fourth-order valence-electron chi connectivity index (χ4n) is 2.10. The maximum Gasteiger partial charge on any atom is 0.232 e. The van der Waals surface area contributed by atoms with Gasteiger partial charge in [0.1, 0.15) is 0 Å². The van der Waals surface area contributed by atoms with Crippen molar-refractivity contribution in [3.05, 3.63) is 27.8 Å². The maximum absolute atomic E-state index is 12.4. The molecule has 18 heavy (non-hydrogen) atoms. The average Bonchev–Trinajstić information content (AvgIpc) is 2.42. The molecule has 0 radical (unpaired) electrons. The van der Waals surface area contributed by atoms with Gasteiger partial charge >= 0.3 is 0 Å². The van der Waals surface area contributed by atoms with E-state index in [-0.39, 0.29) is 5.91 Å². The molecule has 0 atom stereocenters. The Kier molecular flexibility index (Phi) is 4.58. The van der Waals surface area contributed by atoms with E-state index in [1.807, 2.05) is 24.3 Å². The molecule has 5 heteroatoms. The van der Waals surface area contributed by atoms with E-state index in [0.717, 1.165) is 9.26 Å². The SMILES string of the molecule is NCC1(C(=O)Nc2ccccc2I)CCOCC1. The number of nitrogens with two attached hydrogens (primary N) is 1. The van der Waals surface area contributed by atoms with Crippen LogP contribution in [0, 0.1) is 8.99 Å². The lowest BCUT2D eigenvalue weighted by molar-refractivity contribution is -0.130. The summed E-state index contributed by atoms with van der Waals surface area (Å²) in [4.78, 5) is 12.4. The quantitative estimate of drug-likeness (QED) is 0.811. The van der Waals surface area contributed by atoms with E-state index < -0.39 is 5.41 Å². The van der Waals surface area contributed by atoms with E-state index in [0.29, 0.717) is 32.6 Å². The second-order valence-corrected chi connectivity index (χ2v) is 5.69. The van der Waals surface area contributed by atoms with E-state index in [1.54, 1.807) is 0 Å². The monoisotopic (exact) mass is 360 g/mol. The van der Waals surface area contributed by atoms with Gasteiger partial charge in [-0.15, -0.1) is 0 Å². The van der Waals surface area contributed by atoms with Crippen LogP contribution in [0.15, 0.2) is 24.3 Å². The molecule has 0 aromatic heterocycles. The van der Waals surface area contributed by atoms with Crippen LogP contribution in [-0.4, -0.2) is 25.7 Å². The first-order valence-corrected chi connectivity index (χ1v) is 7.10. The molecular weight excluding hydrogens is 343 g/mol. The highest BCUT2D eigenvalue weighted by Crippen LogP contribution is 2.31. The van der Waals surface area contributed by atoms with Gasteiger partial charge in [0.2, 0.25) is 5.91 Å². The van der Waals surface area contributed by atoms with Crippen molar-refractivity contribution in [2.45, 2.75) is 12.8 Å². The molecule has 1 heterocycles. The number of amides is 1. The lowest BCUT2D eigenvalue weighted by atomic mass is 9.79. The second kappa shape index (κ2) is 5.99. The molecule has 0 spiro atoms. The van der Waals surface area contributed by atoms with Crippen LogP contribution >= 0.6 is 22.6 Å². The number of anilines is 1. The van der Waals surface area contributed by atoms with Gasteiger partial charge in [-0.1, -0.05) is 12.1 Å². The summed E-state index contributed by atoms with van der Waals surface area (Å²) >= 11 is 2.21. The zero-order valence-electron chi connectivity index (χ0n) is 10.1. The molecular formula is C13H17IN2O2. The van der Waals surface area contributed by atoms with Crippen molar-refractivity contribution in [3.63, 3.8) is 0 Å². The Bertz CT molecular complexity index is 431. The van der Waals surface area contributed by atoms with Gasteiger partial charge in [0.15, 0.2) is 0 Å². The third-order valence-corrected chi connectivity index (χ3v) is 4.39. The van der Waals surface area contributed by atoms with Gasteiger partial charge in [-0.3, -0.25) is 4.79 Å². The van der Waals surface area contributed by atoms with Crippen LogP contribution in [0.5, 0.6) is 0 Å². The molecule has 2 rings (SSSR count). The predicted octanol–water partition coefficient (Wildman–Crippen LogP) is 1.99. The van der Waals surface area contributed by atoms with Gasteiger partial charge in [0.05, 0.1) is 11.1 Å². The number of ether oxygens (including phenoxy) is 1. The van der Waals surface area contributed by atoms with Gasteiger partial charge in [-0.05, 0) is 47.6 Å². The van der Waals surface area contributed by atoms with E-state index in [1.165, 1.54) is 0 Å². The van der Waals surface area contributed by atoms with Crippen molar-refractivity contribution in [1.82, 2.24) is 0 Å². The van der Waals surface area contributed by atoms with Gasteiger partial charge < -0.3 is 15.8 Å². The topological polar surface area (TPSA) is 64.4 Å². The number of benzene rings is 1. The zero-order chi connectivity index (χ0) is 13.0. The number of rotatable bonds is 3. The molecule has 3 N–H and O–H groups in total. The first-order valence-electron chi connectivity index (χ1n) is 6.02. The largest absolute Gasteiger partial charge is 0.381 e. The minimum atomic E-state index is -0.475. The summed E-state index contributed by atoms with van der Waals surface area (Å²) in [6.07, 6.45) is 1.39. The molecule has 0 saturated carbocycles. The molecule has 4 nitrogen and oxygen atoms in total. The van der Waals surface area contributed by atoms with Crippen LogP contribution in [-0.2, 0) is 9.53 Å². The van der Waals surface area contributed by atoms with Crippen LogP contribution in [0.4, 0.5) is 5.69 Å². The molecule has 0 aliphatic carbocycles. The van der Waals surface area contributed by atoms with Gasteiger partial charge in [0.25, 0.3) is 0 Å². The highest BCUT2D eigenvalue weighted by atomic mass is 127. The minimum Gasteiger partial charge on any atom is -0.381 e. The van der Waals surface area contributed by atoms with E-state index in [4.69, 9.17) is 10.5 Å². The highest BCUT2D eigenvalue weighted by Gasteiger charge is 2.38. The van der Waals surface area contributed by atoms with Gasteiger partial charge in [0, 0.05) is 23.3 Å². The summed E-state index contributed by atoms with van der Waals surface area (Å²) in [5, 5.41) is 2.99. The Morgan fingerprint density at radius 3 is 2.67 bits per heavy atom. The van der Waals surface area contributed by atoms with Crippen LogP contribution in [0.3, 0.4) is 0 Å². The van der Waals surface area contributed by atoms with E-state index in [2.05, 4.69) is 27.9 Å². The predicted molar refractivity (Wildman–Crippen MR) is 79.3 cm³/mol. The minimum absolute atomic E-state index is 0.0115. The summed E-state index contributed by atoms with van der Waals surface area (Å²) in [6.45, 7) is 1.58. The fraction of sp³-hybridized carbons (Fsp3) is 0.462. The Hall–Kier alpha value is -0.660. The normalized spacial score (nSPS) is 18.3. The van der Waals surface area contributed by atoms with Crippen molar-refractivity contribution >= 4 is 34.2 Å². The molecule has 0 bridgehead atoms. The highest BCUT2D eigenvalue weighted by molar-refractivity contribution is 14.1. The summed E-state index contributed by atoms with van der Waals surface area (Å²) in [5.74, 6) is 0.0115. The van der Waals surface area contributed by atoms with Crippen molar-refractivity contribution in [2.24, 2.45) is 11.1 Å². The number of hydrogen-bond donors (Lipinski definition) is 2. The van der Waals surface area contributed by atoms with Gasteiger partial charge in [-0.25, -0.2) is 0 Å². The number of halogens is 1. The summed E-state index contributed by atoms with van der Waals surface area (Å²) in [7, 11) is 0. The van der Waals surface area contributed by atoms with Crippen molar-refractivity contribution in [1.29, 1.82) is 0 Å². The third-order valence-electron chi connectivity index (χ3n) is 3.44. The fourth-order valence-corrected chi connectivity index (χ4v) is 2.63. The van der Waals surface area contributed by atoms with E-state index >= 15 is 0 Å². The molecule has 1 aliphatic heterocycles.